The number of hydrogen-bond acceptors (Lipinski definition) is 5. The first-order chi connectivity index (χ1) is 12.5. The number of hydrogen-bond donors (Lipinski definition) is 1. The topological polar surface area (TPSA) is 76.1 Å². The van der Waals surface area contributed by atoms with E-state index >= 15 is 0 Å². The molecule has 1 aromatic rings. The van der Waals surface area contributed by atoms with Crippen LogP contribution in [0.4, 0.5) is 0 Å². The minimum Gasteiger partial charge on any atom is -0.493 e. The Morgan fingerprint density at radius 3 is 2.50 bits per heavy atom. The van der Waals surface area contributed by atoms with Crippen molar-refractivity contribution in [1.29, 1.82) is 0 Å². The van der Waals surface area contributed by atoms with E-state index in [2.05, 4.69) is 0 Å². The summed E-state index contributed by atoms with van der Waals surface area (Å²) >= 11 is 0. The van der Waals surface area contributed by atoms with Crippen LogP contribution in [-0.2, 0) is 16.0 Å². The maximum absolute atomic E-state index is 12.2. The Bertz CT molecular complexity index is 674. The molecule has 1 aliphatic carbocycles. The van der Waals surface area contributed by atoms with Gasteiger partial charge in [-0.15, -0.1) is 0 Å². The van der Waals surface area contributed by atoms with Gasteiger partial charge in [0.25, 0.3) is 5.91 Å². The van der Waals surface area contributed by atoms with Crippen molar-refractivity contribution in [1.82, 2.24) is 4.90 Å². The molecule has 6 heteroatoms. The van der Waals surface area contributed by atoms with Crippen LogP contribution in [0.2, 0.25) is 0 Å². The predicted molar refractivity (Wildman–Crippen MR) is 96.1 cm³/mol. The Labute approximate surface area is 154 Å². The van der Waals surface area contributed by atoms with E-state index in [9.17, 15) is 14.7 Å². The monoisotopic (exact) mass is 361 g/mol. The van der Waals surface area contributed by atoms with E-state index in [1.807, 2.05) is 18.2 Å². The second-order valence-corrected chi connectivity index (χ2v) is 7.16. The molecular weight excluding hydrogens is 334 g/mol. The molecule has 1 heterocycles. The molecule has 3 atom stereocenters. The van der Waals surface area contributed by atoms with Gasteiger partial charge in [0.2, 0.25) is 5.91 Å². The number of carbonyl (C=O) groups is 2. The van der Waals surface area contributed by atoms with E-state index in [1.54, 1.807) is 14.2 Å². The highest BCUT2D eigenvalue weighted by Gasteiger charge is 2.44. The normalized spacial score (nSPS) is 26.3. The molecule has 2 fully saturated rings. The summed E-state index contributed by atoms with van der Waals surface area (Å²) in [5.41, 5.74) is 1.14. The SMILES string of the molecule is COc1ccc(CC[C@H]2CCCC[C@H]2N2C(=O)C[C@@H](O)C2=O)cc1OC. The van der Waals surface area contributed by atoms with Crippen molar-refractivity contribution in [3.63, 3.8) is 0 Å². The van der Waals surface area contributed by atoms with E-state index in [4.69, 9.17) is 9.47 Å². The molecule has 0 aromatic heterocycles. The van der Waals surface area contributed by atoms with E-state index in [-0.39, 0.29) is 24.3 Å². The van der Waals surface area contributed by atoms with Gasteiger partial charge in [-0.3, -0.25) is 14.5 Å². The number of benzene rings is 1. The van der Waals surface area contributed by atoms with E-state index < -0.39 is 12.0 Å². The summed E-state index contributed by atoms with van der Waals surface area (Å²) in [6.45, 7) is 0. The molecule has 0 spiro atoms. The molecule has 0 unspecified atom stereocenters. The van der Waals surface area contributed by atoms with Crippen molar-refractivity contribution in [2.75, 3.05) is 14.2 Å². The van der Waals surface area contributed by atoms with Crippen LogP contribution in [0.25, 0.3) is 0 Å². The number of likely N-dealkylation sites (tertiary alicyclic amines) is 1. The first-order valence-corrected chi connectivity index (χ1v) is 9.30. The number of ether oxygens (including phenoxy) is 2. The van der Waals surface area contributed by atoms with Crippen molar-refractivity contribution in [3.8, 4) is 11.5 Å². The zero-order valence-electron chi connectivity index (χ0n) is 15.4. The zero-order valence-corrected chi connectivity index (χ0v) is 15.4. The predicted octanol–water partition coefficient (Wildman–Crippen LogP) is 2.32. The summed E-state index contributed by atoms with van der Waals surface area (Å²) in [7, 11) is 3.23. The van der Waals surface area contributed by atoms with Crippen LogP contribution in [0.1, 0.15) is 44.1 Å². The number of carbonyl (C=O) groups excluding carboxylic acids is 2. The summed E-state index contributed by atoms with van der Waals surface area (Å²) in [6.07, 6.45) is 4.49. The lowest BCUT2D eigenvalue weighted by Gasteiger charge is -2.37. The highest BCUT2D eigenvalue weighted by molar-refractivity contribution is 6.05. The Morgan fingerprint density at radius 2 is 1.85 bits per heavy atom. The molecule has 26 heavy (non-hydrogen) atoms. The number of aryl methyl sites for hydroxylation is 1. The quantitative estimate of drug-likeness (QED) is 0.787. The number of imide groups is 1. The second-order valence-electron chi connectivity index (χ2n) is 7.16. The average molecular weight is 361 g/mol. The van der Waals surface area contributed by atoms with Gasteiger partial charge in [0, 0.05) is 6.04 Å². The molecule has 2 amide bonds. The maximum atomic E-state index is 12.2. The molecule has 142 valence electrons. The largest absolute Gasteiger partial charge is 0.493 e. The Hall–Kier alpha value is -2.08. The lowest BCUT2D eigenvalue weighted by Crippen LogP contribution is -2.46. The summed E-state index contributed by atoms with van der Waals surface area (Å²) in [4.78, 5) is 25.7. The third-order valence-electron chi connectivity index (χ3n) is 5.61. The van der Waals surface area contributed by atoms with Crippen LogP contribution in [0, 0.1) is 5.92 Å². The number of nitrogens with zero attached hydrogens (tertiary/aromatic N) is 1. The molecule has 1 saturated carbocycles. The van der Waals surface area contributed by atoms with E-state index in [0.717, 1.165) is 44.1 Å². The van der Waals surface area contributed by atoms with Gasteiger partial charge in [0.15, 0.2) is 11.5 Å². The minimum atomic E-state index is -1.16. The molecule has 6 nitrogen and oxygen atoms in total. The maximum Gasteiger partial charge on any atom is 0.258 e. The third kappa shape index (κ3) is 3.70. The number of aliphatic hydroxyl groups excluding tert-OH is 1. The summed E-state index contributed by atoms with van der Waals surface area (Å²) in [5.74, 6) is 1.03. The number of methoxy groups -OCH3 is 2. The molecule has 1 N–H and O–H groups in total. The lowest BCUT2D eigenvalue weighted by atomic mass is 9.80. The molecule has 3 rings (SSSR count). The van der Waals surface area contributed by atoms with Crippen molar-refractivity contribution in [2.24, 2.45) is 5.92 Å². The minimum absolute atomic E-state index is 0.0717. The highest BCUT2D eigenvalue weighted by atomic mass is 16.5. The van der Waals surface area contributed by atoms with Crippen molar-refractivity contribution < 1.29 is 24.2 Å². The highest BCUT2D eigenvalue weighted by Crippen LogP contribution is 2.35. The van der Waals surface area contributed by atoms with Crippen LogP contribution in [0.3, 0.4) is 0 Å². The Morgan fingerprint density at radius 1 is 1.12 bits per heavy atom. The Balaban J connectivity index is 1.69. The van der Waals surface area contributed by atoms with Gasteiger partial charge < -0.3 is 14.6 Å². The number of rotatable bonds is 6. The van der Waals surface area contributed by atoms with Gasteiger partial charge >= 0.3 is 0 Å². The van der Waals surface area contributed by atoms with Gasteiger partial charge in [-0.1, -0.05) is 18.9 Å². The standard InChI is InChI=1S/C20H27NO5/c1-25-17-10-8-13(11-18(17)26-2)7-9-14-5-3-4-6-15(14)21-19(23)12-16(22)20(21)24/h8,10-11,14-16,22H,3-7,9,12H2,1-2H3/t14-,15-,16-/m1/s1. The van der Waals surface area contributed by atoms with Crippen molar-refractivity contribution in [3.05, 3.63) is 23.8 Å². The van der Waals surface area contributed by atoms with Gasteiger partial charge in [-0.05, 0) is 49.3 Å². The molecule has 1 saturated heterocycles. The van der Waals surface area contributed by atoms with Crippen LogP contribution in [0.5, 0.6) is 11.5 Å². The van der Waals surface area contributed by atoms with Gasteiger partial charge in [0.1, 0.15) is 6.10 Å². The molecule has 1 aromatic carbocycles. The Kier molecular flexibility index (Phi) is 5.81. The van der Waals surface area contributed by atoms with Crippen LogP contribution >= 0.6 is 0 Å². The molecule has 1 aliphatic heterocycles. The first-order valence-electron chi connectivity index (χ1n) is 9.30. The van der Waals surface area contributed by atoms with Crippen molar-refractivity contribution >= 4 is 11.8 Å². The molecule has 2 aliphatic rings. The summed E-state index contributed by atoms with van der Waals surface area (Å²) < 4.78 is 10.6. The van der Waals surface area contributed by atoms with Gasteiger partial charge in [-0.2, -0.15) is 0 Å². The molecular formula is C20H27NO5. The molecule has 0 bridgehead atoms. The fraction of sp³-hybridized carbons (Fsp3) is 0.600. The van der Waals surface area contributed by atoms with Gasteiger partial charge in [0.05, 0.1) is 20.6 Å². The van der Waals surface area contributed by atoms with E-state index in [1.165, 1.54) is 4.90 Å². The summed E-state index contributed by atoms with van der Waals surface area (Å²) in [6, 6.07) is 5.82. The lowest BCUT2D eigenvalue weighted by molar-refractivity contribution is -0.145. The second kappa shape index (κ2) is 8.08. The number of aliphatic hydroxyl groups is 1. The molecule has 0 radical (unpaired) electrons. The smallest absolute Gasteiger partial charge is 0.258 e. The first kappa shape index (κ1) is 18.7. The third-order valence-corrected chi connectivity index (χ3v) is 5.61. The number of amides is 2. The fourth-order valence-electron chi connectivity index (χ4n) is 4.24. The van der Waals surface area contributed by atoms with Crippen LogP contribution < -0.4 is 9.47 Å². The fourth-order valence-corrected chi connectivity index (χ4v) is 4.24. The summed E-state index contributed by atoms with van der Waals surface area (Å²) in [5, 5.41) is 9.73. The van der Waals surface area contributed by atoms with Crippen LogP contribution in [0.15, 0.2) is 18.2 Å². The van der Waals surface area contributed by atoms with Crippen LogP contribution in [-0.4, -0.2) is 48.2 Å². The van der Waals surface area contributed by atoms with Gasteiger partial charge in [-0.25, -0.2) is 0 Å². The van der Waals surface area contributed by atoms with Crippen molar-refractivity contribution in [2.45, 2.75) is 57.1 Å². The average Bonchev–Trinajstić information content (AvgIpc) is 2.91. The zero-order chi connectivity index (χ0) is 18.7. The van der Waals surface area contributed by atoms with E-state index in [0.29, 0.717) is 11.5 Å².